The number of halogens is 1. The average Bonchev–Trinajstić information content (AvgIpc) is 2.75. The lowest BCUT2D eigenvalue weighted by Crippen LogP contribution is -2.23. The normalized spacial score (nSPS) is 10.3. The third-order valence-corrected chi connectivity index (χ3v) is 3.97. The molecule has 1 heterocycles. The molecule has 0 unspecified atom stereocenters. The maximum atomic E-state index is 12.0. The van der Waals surface area contributed by atoms with Crippen molar-refractivity contribution in [2.45, 2.75) is 13.5 Å². The fraction of sp³-hybridized carbons (Fsp3) is 0.214. The highest BCUT2D eigenvalue weighted by atomic mass is 35.5. The summed E-state index contributed by atoms with van der Waals surface area (Å²) in [4.78, 5) is 13.0. The molecule has 0 bridgehead atoms. The summed E-state index contributed by atoms with van der Waals surface area (Å²) in [6.45, 7) is 2.30. The third kappa shape index (κ3) is 3.23. The van der Waals surface area contributed by atoms with Gasteiger partial charge in [-0.1, -0.05) is 17.7 Å². The van der Waals surface area contributed by atoms with Crippen LogP contribution in [0.1, 0.15) is 20.8 Å². The van der Waals surface area contributed by atoms with Crippen molar-refractivity contribution in [3.63, 3.8) is 0 Å². The van der Waals surface area contributed by atoms with Gasteiger partial charge in [0.25, 0.3) is 5.91 Å². The van der Waals surface area contributed by atoms with E-state index in [0.29, 0.717) is 27.9 Å². The first-order chi connectivity index (χ1) is 9.51. The summed E-state index contributed by atoms with van der Waals surface area (Å²) < 4.78 is 5.08. The van der Waals surface area contributed by atoms with Crippen molar-refractivity contribution in [1.82, 2.24) is 5.32 Å². The zero-order valence-corrected chi connectivity index (χ0v) is 12.8. The van der Waals surface area contributed by atoms with Crippen LogP contribution in [-0.2, 0) is 6.54 Å². The van der Waals surface area contributed by atoms with Crippen LogP contribution in [0, 0.1) is 6.92 Å². The molecule has 6 heteroatoms. The number of ether oxygens (including phenoxy) is 1. The van der Waals surface area contributed by atoms with Crippen molar-refractivity contribution in [3.8, 4) is 5.75 Å². The standard InChI is InChI=1S/C14H15ClN2O2S/c1-8-5-10(13(16)20-8)14(18)17-7-9-3-4-12(19-2)11(15)6-9/h3-6H,7,16H2,1-2H3,(H,17,18). The first kappa shape index (κ1) is 14.7. The molecule has 1 aromatic heterocycles. The lowest BCUT2D eigenvalue weighted by atomic mass is 10.2. The number of carbonyl (C=O) groups excluding carboxylic acids is 1. The molecule has 1 aromatic carbocycles. The summed E-state index contributed by atoms with van der Waals surface area (Å²) in [5, 5.41) is 3.88. The number of nitrogens with one attached hydrogen (secondary N) is 1. The smallest absolute Gasteiger partial charge is 0.254 e. The Kier molecular flexibility index (Phi) is 4.52. The minimum Gasteiger partial charge on any atom is -0.495 e. The molecule has 0 saturated heterocycles. The summed E-state index contributed by atoms with van der Waals surface area (Å²) >= 11 is 7.44. The second kappa shape index (κ2) is 6.15. The van der Waals surface area contributed by atoms with Crippen LogP contribution in [-0.4, -0.2) is 13.0 Å². The average molecular weight is 311 g/mol. The maximum absolute atomic E-state index is 12.0. The number of benzene rings is 1. The molecule has 1 amide bonds. The van der Waals surface area contributed by atoms with Crippen molar-refractivity contribution in [3.05, 3.63) is 45.3 Å². The van der Waals surface area contributed by atoms with Crippen molar-refractivity contribution in [2.75, 3.05) is 12.8 Å². The van der Waals surface area contributed by atoms with Crippen LogP contribution < -0.4 is 15.8 Å². The molecular formula is C14H15ClN2O2S. The number of hydrogen-bond donors (Lipinski definition) is 2. The number of anilines is 1. The van der Waals surface area contributed by atoms with Gasteiger partial charge in [0.2, 0.25) is 0 Å². The lowest BCUT2D eigenvalue weighted by molar-refractivity contribution is 0.0952. The number of thiophene rings is 1. The largest absolute Gasteiger partial charge is 0.495 e. The maximum Gasteiger partial charge on any atom is 0.254 e. The molecule has 0 saturated carbocycles. The van der Waals surface area contributed by atoms with Crippen LogP contribution in [0.25, 0.3) is 0 Å². The summed E-state index contributed by atoms with van der Waals surface area (Å²) in [7, 11) is 1.56. The predicted molar refractivity (Wildman–Crippen MR) is 82.6 cm³/mol. The minimum absolute atomic E-state index is 0.182. The second-order valence-corrected chi connectivity index (χ2v) is 5.98. The molecule has 0 aliphatic carbocycles. The Bertz CT molecular complexity index is 640. The second-order valence-electron chi connectivity index (χ2n) is 4.29. The van der Waals surface area contributed by atoms with E-state index >= 15 is 0 Å². The Labute approximate surface area is 126 Å². The van der Waals surface area contributed by atoms with Crippen molar-refractivity contribution < 1.29 is 9.53 Å². The number of aryl methyl sites for hydroxylation is 1. The molecule has 0 aliphatic rings. The number of rotatable bonds is 4. The zero-order chi connectivity index (χ0) is 14.7. The van der Waals surface area contributed by atoms with Crippen molar-refractivity contribution >= 4 is 33.8 Å². The van der Waals surface area contributed by atoms with E-state index in [1.54, 1.807) is 25.3 Å². The number of amides is 1. The van der Waals surface area contributed by atoms with E-state index in [-0.39, 0.29) is 5.91 Å². The van der Waals surface area contributed by atoms with Gasteiger partial charge in [-0.3, -0.25) is 4.79 Å². The van der Waals surface area contributed by atoms with E-state index in [0.717, 1.165) is 10.4 Å². The van der Waals surface area contributed by atoms with Crippen molar-refractivity contribution in [2.24, 2.45) is 0 Å². The van der Waals surface area contributed by atoms with Gasteiger partial charge in [-0.05, 0) is 30.7 Å². The molecule has 20 heavy (non-hydrogen) atoms. The van der Waals surface area contributed by atoms with Gasteiger partial charge in [0, 0.05) is 11.4 Å². The highest BCUT2D eigenvalue weighted by molar-refractivity contribution is 7.16. The van der Waals surface area contributed by atoms with Crippen LogP contribution >= 0.6 is 22.9 Å². The number of nitrogen functional groups attached to an aromatic ring is 1. The first-order valence-corrected chi connectivity index (χ1v) is 7.17. The van der Waals surface area contributed by atoms with Crippen LogP contribution in [0.5, 0.6) is 5.75 Å². The summed E-state index contributed by atoms with van der Waals surface area (Å²) in [6, 6.07) is 7.18. The van der Waals surface area contributed by atoms with Gasteiger partial charge in [-0.15, -0.1) is 11.3 Å². The Morgan fingerprint density at radius 1 is 1.45 bits per heavy atom. The van der Waals surface area contributed by atoms with E-state index in [1.807, 2.05) is 13.0 Å². The fourth-order valence-electron chi connectivity index (χ4n) is 1.81. The Morgan fingerprint density at radius 3 is 2.75 bits per heavy atom. The highest BCUT2D eigenvalue weighted by Gasteiger charge is 2.12. The SMILES string of the molecule is COc1ccc(CNC(=O)c2cc(C)sc2N)cc1Cl. The van der Waals surface area contributed by atoms with Crippen LogP contribution in [0.15, 0.2) is 24.3 Å². The molecule has 2 aromatic rings. The van der Waals surface area contributed by atoms with Gasteiger partial charge in [0.1, 0.15) is 5.75 Å². The lowest BCUT2D eigenvalue weighted by Gasteiger charge is -2.07. The van der Waals surface area contributed by atoms with Gasteiger partial charge >= 0.3 is 0 Å². The van der Waals surface area contributed by atoms with Crippen LogP contribution in [0.2, 0.25) is 5.02 Å². The molecule has 3 N–H and O–H groups in total. The van der Waals surface area contributed by atoms with Crippen LogP contribution in [0.3, 0.4) is 0 Å². The zero-order valence-electron chi connectivity index (χ0n) is 11.2. The Balaban J connectivity index is 2.03. The number of carbonyl (C=O) groups is 1. The van der Waals surface area contributed by atoms with E-state index in [4.69, 9.17) is 22.1 Å². The van der Waals surface area contributed by atoms with E-state index in [1.165, 1.54) is 11.3 Å². The summed E-state index contributed by atoms with van der Waals surface area (Å²) in [6.07, 6.45) is 0. The molecule has 0 fully saturated rings. The minimum atomic E-state index is -0.182. The highest BCUT2D eigenvalue weighted by Crippen LogP contribution is 2.26. The van der Waals surface area contributed by atoms with Gasteiger partial charge < -0.3 is 15.8 Å². The van der Waals surface area contributed by atoms with E-state index in [2.05, 4.69) is 5.32 Å². The number of nitrogens with two attached hydrogens (primary N) is 1. The molecule has 0 aliphatic heterocycles. The van der Waals surface area contributed by atoms with Crippen molar-refractivity contribution in [1.29, 1.82) is 0 Å². The fourth-order valence-corrected chi connectivity index (χ4v) is 2.87. The Morgan fingerprint density at radius 2 is 2.20 bits per heavy atom. The molecule has 0 spiro atoms. The van der Waals surface area contributed by atoms with E-state index < -0.39 is 0 Å². The molecule has 106 valence electrons. The number of hydrogen-bond acceptors (Lipinski definition) is 4. The Hall–Kier alpha value is -1.72. The third-order valence-electron chi connectivity index (χ3n) is 2.80. The summed E-state index contributed by atoms with van der Waals surface area (Å²) in [5.41, 5.74) is 7.21. The van der Waals surface area contributed by atoms with Gasteiger partial charge in [0.15, 0.2) is 0 Å². The van der Waals surface area contributed by atoms with Gasteiger partial charge in [-0.2, -0.15) is 0 Å². The first-order valence-electron chi connectivity index (χ1n) is 5.97. The van der Waals surface area contributed by atoms with E-state index in [9.17, 15) is 4.79 Å². The molecule has 2 rings (SSSR count). The molecule has 4 nitrogen and oxygen atoms in total. The topological polar surface area (TPSA) is 64.3 Å². The van der Waals surface area contributed by atoms with Crippen LogP contribution in [0.4, 0.5) is 5.00 Å². The molecule has 0 atom stereocenters. The van der Waals surface area contributed by atoms with Gasteiger partial charge in [0.05, 0.1) is 22.7 Å². The quantitative estimate of drug-likeness (QED) is 0.911. The summed E-state index contributed by atoms with van der Waals surface area (Å²) in [5.74, 6) is 0.429. The predicted octanol–water partition coefficient (Wildman–Crippen LogP) is 3.23. The molecule has 0 radical (unpaired) electrons. The molecular weight excluding hydrogens is 296 g/mol. The number of methoxy groups -OCH3 is 1. The van der Waals surface area contributed by atoms with Gasteiger partial charge in [-0.25, -0.2) is 0 Å². The monoisotopic (exact) mass is 310 g/mol.